The van der Waals surface area contributed by atoms with Crippen molar-refractivity contribution >= 4 is 27.3 Å². The predicted octanol–water partition coefficient (Wildman–Crippen LogP) is 2.23. The quantitative estimate of drug-likeness (QED) is 0.935. The maximum absolute atomic E-state index is 12.7. The van der Waals surface area contributed by atoms with E-state index in [2.05, 4.69) is 5.32 Å². The van der Waals surface area contributed by atoms with E-state index in [1.165, 1.54) is 23.5 Å². The molecule has 1 atom stereocenters. The van der Waals surface area contributed by atoms with Gasteiger partial charge in [0.05, 0.1) is 16.3 Å². The zero-order valence-electron chi connectivity index (χ0n) is 12.7. The molecule has 1 N–H and O–H groups in total. The molecule has 0 radical (unpaired) electrons. The number of benzene rings is 2. The number of nitrogens with one attached hydrogen (secondary N) is 1. The van der Waals surface area contributed by atoms with E-state index in [9.17, 15) is 13.2 Å². The third-order valence-electron chi connectivity index (χ3n) is 3.66. The Bertz CT molecular complexity index is 850. The van der Waals surface area contributed by atoms with Gasteiger partial charge in [0.2, 0.25) is 0 Å². The van der Waals surface area contributed by atoms with Crippen molar-refractivity contribution in [3.8, 4) is 5.75 Å². The smallest absolute Gasteiger partial charge is 0.265 e. The number of fused-ring (bicyclic) bond motifs is 1. The highest BCUT2D eigenvalue weighted by Crippen LogP contribution is 2.33. The van der Waals surface area contributed by atoms with Gasteiger partial charge < -0.3 is 10.1 Å². The molecule has 6 nitrogen and oxygen atoms in total. The molecule has 120 valence electrons. The second kappa shape index (κ2) is 5.58. The maximum atomic E-state index is 12.7. The summed E-state index contributed by atoms with van der Waals surface area (Å²) in [6.45, 7) is 1.63. The molecule has 0 fully saturated rings. The van der Waals surface area contributed by atoms with Crippen molar-refractivity contribution in [3.05, 3.63) is 48.5 Å². The van der Waals surface area contributed by atoms with E-state index in [0.717, 1.165) is 0 Å². The molecule has 2 aromatic rings. The molecule has 1 unspecified atom stereocenters. The normalized spacial score (nSPS) is 17.0. The summed E-state index contributed by atoms with van der Waals surface area (Å²) in [4.78, 5) is 11.8. The molecule has 1 aliphatic rings. The lowest BCUT2D eigenvalue weighted by Crippen LogP contribution is -2.34. The standard InChI is InChI=1S/C16H16N2O4S/c1-11-16(19)17-14-10-13(8-9-15(14)22-11)23(20,21)18(2)12-6-4-3-5-7-12/h3-11H,1-2H3,(H,17,19). The summed E-state index contributed by atoms with van der Waals surface area (Å²) in [6, 6.07) is 13.2. The molecule has 1 amide bonds. The molecule has 0 aliphatic carbocycles. The largest absolute Gasteiger partial charge is 0.479 e. The fourth-order valence-electron chi connectivity index (χ4n) is 2.28. The summed E-state index contributed by atoms with van der Waals surface area (Å²) in [5, 5.41) is 2.65. The Morgan fingerprint density at radius 1 is 1.13 bits per heavy atom. The minimum absolute atomic E-state index is 0.0843. The van der Waals surface area contributed by atoms with Gasteiger partial charge >= 0.3 is 0 Å². The first-order valence-electron chi connectivity index (χ1n) is 7.05. The molecule has 0 saturated heterocycles. The number of sulfonamides is 1. The molecule has 1 heterocycles. The average molecular weight is 332 g/mol. The highest BCUT2D eigenvalue weighted by Gasteiger charge is 2.27. The van der Waals surface area contributed by atoms with Gasteiger partial charge in [0, 0.05) is 7.05 Å². The SMILES string of the molecule is CC1Oc2ccc(S(=O)(=O)N(C)c3ccccc3)cc2NC1=O. The van der Waals surface area contributed by atoms with Crippen LogP contribution in [-0.2, 0) is 14.8 Å². The number of carbonyl (C=O) groups is 1. The Hall–Kier alpha value is -2.54. The van der Waals surface area contributed by atoms with Crippen LogP contribution in [0.2, 0.25) is 0 Å². The maximum Gasteiger partial charge on any atom is 0.265 e. The molecule has 7 heteroatoms. The van der Waals surface area contributed by atoms with E-state index in [4.69, 9.17) is 4.74 Å². The summed E-state index contributed by atoms with van der Waals surface area (Å²) >= 11 is 0. The van der Waals surface area contributed by atoms with Crippen LogP contribution < -0.4 is 14.4 Å². The molecular formula is C16H16N2O4S. The molecule has 0 saturated carbocycles. The van der Waals surface area contributed by atoms with Crippen LogP contribution in [0, 0.1) is 0 Å². The molecule has 0 spiro atoms. The van der Waals surface area contributed by atoms with Crippen molar-refractivity contribution in [2.75, 3.05) is 16.7 Å². The highest BCUT2D eigenvalue weighted by molar-refractivity contribution is 7.92. The number of hydrogen-bond acceptors (Lipinski definition) is 4. The van der Waals surface area contributed by atoms with Crippen molar-refractivity contribution in [1.29, 1.82) is 0 Å². The number of carbonyl (C=O) groups excluding carboxylic acids is 1. The fourth-order valence-corrected chi connectivity index (χ4v) is 3.51. The van der Waals surface area contributed by atoms with Crippen molar-refractivity contribution in [2.45, 2.75) is 17.9 Å². The van der Waals surface area contributed by atoms with E-state index < -0.39 is 16.1 Å². The number of para-hydroxylation sites is 1. The van der Waals surface area contributed by atoms with Crippen LogP contribution in [0.5, 0.6) is 5.75 Å². The fraction of sp³-hybridized carbons (Fsp3) is 0.188. The summed E-state index contributed by atoms with van der Waals surface area (Å²) in [6.07, 6.45) is -0.600. The van der Waals surface area contributed by atoms with E-state index >= 15 is 0 Å². The van der Waals surface area contributed by atoms with Crippen molar-refractivity contribution in [3.63, 3.8) is 0 Å². The van der Waals surface area contributed by atoms with Crippen molar-refractivity contribution in [2.24, 2.45) is 0 Å². The molecular weight excluding hydrogens is 316 g/mol. The van der Waals surface area contributed by atoms with Crippen LogP contribution in [0.15, 0.2) is 53.4 Å². The molecule has 23 heavy (non-hydrogen) atoms. The van der Waals surface area contributed by atoms with Gasteiger partial charge in [-0.3, -0.25) is 9.10 Å². The predicted molar refractivity (Wildman–Crippen MR) is 87.2 cm³/mol. The third kappa shape index (κ3) is 2.75. The van der Waals surface area contributed by atoms with Crippen LogP contribution in [0.1, 0.15) is 6.92 Å². The van der Waals surface area contributed by atoms with Crippen molar-refractivity contribution < 1.29 is 17.9 Å². The number of nitrogens with zero attached hydrogens (tertiary/aromatic N) is 1. The summed E-state index contributed by atoms with van der Waals surface area (Å²) in [5.74, 6) is 0.155. The van der Waals surface area contributed by atoms with Gasteiger partial charge in [0.25, 0.3) is 15.9 Å². The molecule has 1 aliphatic heterocycles. The Balaban J connectivity index is 1.98. The molecule has 0 bridgehead atoms. The number of anilines is 2. The van der Waals surface area contributed by atoms with E-state index in [1.807, 2.05) is 6.07 Å². The topological polar surface area (TPSA) is 75.7 Å². The Morgan fingerprint density at radius 3 is 2.52 bits per heavy atom. The Labute approximate surface area is 134 Å². The Morgan fingerprint density at radius 2 is 1.83 bits per heavy atom. The third-order valence-corrected chi connectivity index (χ3v) is 5.44. The lowest BCUT2D eigenvalue weighted by Gasteiger charge is -2.25. The van der Waals surface area contributed by atoms with E-state index in [-0.39, 0.29) is 10.8 Å². The average Bonchev–Trinajstić information content (AvgIpc) is 2.55. The summed E-state index contributed by atoms with van der Waals surface area (Å²) < 4.78 is 32.1. The molecule has 3 rings (SSSR count). The van der Waals surface area contributed by atoms with Gasteiger partial charge in [0.1, 0.15) is 5.75 Å². The number of ether oxygens (including phenoxy) is 1. The lowest BCUT2D eigenvalue weighted by atomic mass is 10.2. The number of amides is 1. The Kier molecular flexibility index (Phi) is 3.73. The van der Waals surface area contributed by atoms with Crippen LogP contribution in [0.3, 0.4) is 0 Å². The minimum atomic E-state index is -3.73. The second-order valence-corrected chi connectivity index (χ2v) is 7.18. The van der Waals surface area contributed by atoms with E-state index in [0.29, 0.717) is 17.1 Å². The van der Waals surface area contributed by atoms with Crippen LogP contribution in [0.25, 0.3) is 0 Å². The van der Waals surface area contributed by atoms with Crippen LogP contribution >= 0.6 is 0 Å². The monoisotopic (exact) mass is 332 g/mol. The summed E-state index contributed by atoms with van der Waals surface area (Å²) in [5.41, 5.74) is 0.912. The molecule has 0 aromatic heterocycles. The first kappa shape index (κ1) is 15.4. The zero-order chi connectivity index (χ0) is 16.6. The summed E-state index contributed by atoms with van der Waals surface area (Å²) in [7, 11) is -2.24. The lowest BCUT2D eigenvalue weighted by molar-refractivity contribution is -0.122. The minimum Gasteiger partial charge on any atom is -0.479 e. The second-order valence-electron chi connectivity index (χ2n) is 5.22. The first-order chi connectivity index (χ1) is 10.9. The highest BCUT2D eigenvalue weighted by atomic mass is 32.2. The molecule has 2 aromatic carbocycles. The number of rotatable bonds is 3. The number of hydrogen-bond donors (Lipinski definition) is 1. The van der Waals surface area contributed by atoms with Gasteiger partial charge in [-0.1, -0.05) is 18.2 Å². The first-order valence-corrected chi connectivity index (χ1v) is 8.49. The zero-order valence-corrected chi connectivity index (χ0v) is 13.5. The van der Waals surface area contributed by atoms with Crippen LogP contribution in [0.4, 0.5) is 11.4 Å². The van der Waals surface area contributed by atoms with Gasteiger partial charge in [0.15, 0.2) is 6.10 Å². The van der Waals surface area contributed by atoms with Gasteiger partial charge in [-0.2, -0.15) is 0 Å². The van der Waals surface area contributed by atoms with E-state index in [1.54, 1.807) is 37.3 Å². The van der Waals surface area contributed by atoms with Crippen LogP contribution in [-0.4, -0.2) is 27.5 Å². The van der Waals surface area contributed by atoms with Crippen molar-refractivity contribution in [1.82, 2.24) is 0 Å². The van der Waals surface area contributed by atoms with Gasteiger partial charge in [-0.25, -0.2) is 8.42 Å². The van der Waals surface area contributed by atoms with Gasteiger partial charge in [-0.15, -0.1) is 0 Å². The van der Waals surface area contributed by atoms with Gasteiger partial charge in [-0.05, 0) is 37.3 Å².